The third-order valence-corrected chi connectivity index (χ3v) is 5.68. The molecule has 0 saturated carbocycles. The van der Waals surface area contributed by atoms with Gasteiger partial charge in [-0.25, -0.2) is 9.37 Å². The molecule has 0 spiro atoms. The maximum atomic E-state index is 13.8. The molecular weight excluding hydrogens is 485 g/mol. The van der Waals surface area contributed by atoms with Crippen LogP contribution in [0.15, 0.2) is 73.3 Å². The number of rotatable bonds is 4. The van der Waals surface area contributed by atoms with E-state index < -0.39 is 0 Å². The number of hydrogen-bond donors (Lipinski definition) is 3. The zero-order chi connectivity index (χ0) is 27.1. The highest BCUT2D eigenvalue weighted by atomic mass is 19.1. The molecular formula is C28H24FN7O2. The van der Waals surface area contributed by atoms with Crippen molar-refractivity contribution in [3.63, 3.8) is 0 Å². The lowest BCUT2D eigenvalue weighted by Gasteiger charge is -2.05. The van der Waals surface area contributed by atoms with E-state index in [1.807, 2.05) is 51.4 Å². The molecule has 3 N–H and O–H groups in total. The lowest BCUT2D eigenvalue weighted by molar-refractivity contribution is -0.191. The van der Waals surface area contributed by atoms with Gasteiger partial charge < -0.3 is 10.3 Å². The van der Waals surface area contributed by atoms with E-state index >= 15 is 0 Å². The van der Waals surface area contributed by atoms with Crippen LogP contribution in [0.5, 0.6) is 0 Å². The van der Waals surface area contributed by atoms with Crippen molar-refractivity contribution < 1.29 is 14.0 Å². The number of fused-ring (bicyclic) bond motifs is 2. The molecule has 0 fully saturated rings. The molecule has 0 aliphatic carbocycles. The molecule has 0 amide bonds. The standard InChI is InChI=1S/C25H18FN7.C2H6.CO2/c1-27-18-8-16(10-28-11-18)14-5-6-21-19(9-14)24(33-32-21)25-30-22-13-29-12-20(23(22)31-25)15-3-2-4-17(26)7-15;1-2;2-1-3/h2-13,27H,1H3,(H,30,31)(H,32,33);1-2H3;. The molecule has 0 bridgehead atoms. The van der Waals surface area contributed by atoms with Crippen LogP contribution in [0.4, 0.5) is 10.1 Å². The average Bonchev–Trinajstić information content (AvgIpc) is 3.58. The highest BCUT2D eigenvalue weighted by molar-refractivity contribution is 5.98. The minimum absolute atomic E-state index is 0.250. The van der Waals surface area contributed by atoms with E-state index in [2.05, 4.69) is 36.5 Å². The average molecular weight is 510 g/mol. The summed E-state index contributed by atoms with van der Waals surface area (Å²) in [6.07, 6.45) is 7.28. The molecule has 190 valence electrons. The quantitative estimate of drug-likeness (QED) is 0.272. The zero-order valence-corrected chi connectivity index (χ0v) is 20.9. The summed E-state index contributed by atoms with van der Waals surface area (Å²) >= 11 is 0. The van der Waals surface area contributed by atoms with Crippen LogP contribution in [0, 0.1) is 5.82 Å². The summed E-state index contributed by atoms with van der Waals surface area (Å²) in [5, 5.41) is 11.7. The molecule has 0 aliphatic rings. The predicted molar refractivity (Wildman–Crippen MR) is 144 cm³/mol. The number of aromatic amines is 2. The third kappa shape index (κ3) is 5.16. The molecule has 0 saturated heterocycles. The van der Waals surface area contributed by atoms with Crippen molar-refractivity contribution in [3.8, 4) is 33.8 Å². The number of benzene rings is 2. The Morgan fingerprint density at radius 1 is 0.868 bits per heavy atom. The normalized spacial score (nSPS) is 10.2. The number of H-pyrrole nitrogens is 2. The summed E-state index contributed by atoms with van der Waals surface area (Å²) in [5.74, 6) is 0.309. The van der Waals surface area contributed by atoms with Crippen LogP contribution in [0.25, 0.3) is 55.7 Å². The van der Waals surface area contributed by atoms with E-state index in [-0.39, 0.29) is 12.0 Å². The molecule has 6 rings (SSSR count). The second-order valence-corrected chi connectivity index (χ2v) is 7.81. The van der Waals surface area contributed by atoms with Crippen molar-refractivity contribution in [1.29, 1.82) is 0 Å². The van der Waals surface area contributed by atoms with E-state index in [0.29, 0.717) is 17.0 Å². The first-order valence-electron chi connectivity index (χ1n) is 11.8. The number of nitrogens with zero attached hydrogens (tertiary/aromatic N) is 4. The minimum atomic E-state index is -0.303. The van der Waals surface area contributed by atoms with Crippen LogP contribution in [-0.4, -0.2) is 43.3 Å². The molecule has 4 aromatic heterocycles. The SMILES string of the molecule is CC.CNc1cncc(-c2ccc3[nH]nc(-c4nc5c(-c6cccc(F)c6)cncc5[nH]4)c3c2)c1.O=C=O. The molecule has 4 heterocycles. The fourth-order valence-corrected chi connectivity index (χ4v) is 4.02. The Hall–Kier alpha value is -5.21. The number of aromatic nitrogens is 6. The van der Waals surface area contributed by atoms with E-state index in [1.165, 1.54) is 12.1 Å². The monoisotopic (exact) mass is 509 g/mol. The van der Waals surface area contributed by atoms with Gasteiger partial charge in [0.15, 0.2) is 5.82 Å². The Morgan fingerprint density at radius 2 is 1.66 bits per heavy atom. The third-order valence-electron chi connectivity index (χ3n) is 5.68. The van der Waals surface area contributed by atoms with Crippen LogP contribution >= 0.6 is 0 Å². The van der Waals surface area contributed by atoms with Crippen molar-refractivity contribution in [3.05, 3.63) is 79.1 Å². The van der Waals surface area contributed by atoms with Crippen LogP contribution in [0.2, 0.25) is 0 Å². The summed E-state index contributed by atoms with van der Waals surface area (Å²) < 4.78 is 13.8. The molecule has 0 atom stereocenters. The van der Waals surface area contributed by atoms with E-state index in [1.54, 1.807) is 24.7 Å². The summed E-state index contributed by atoms with van der Waals surface area (Å²) in [6.45, 7) is 4.00. The molecule has 2 aromatic carbocycles. The van der Waals surface area contributed by atoms with Gasteiger partial charge >= 0.3 is 6.15 Å². The Kier molecular flexibility index (Phi) is 7.95. The fraction of sp³-hybridized carbons (Fsp3) is 0.107. The van der Waals surface area contributed by atoms with E-state index in [0.717, 1.165) is 44.4 Å². The molecule has 38 heavy (non-hydrogen) atoms. The van der Waals surface area contributed by atoms with Crippen LogP contribution in [-0.2, 0) is 9.59 Å². The molecule has 0 unspecified atom stereocenters. The van der Waals surface area contributed by atoms with Crippen LogP contribution < -0.4 is 5.32 Å². The molecule has 9 nitrogen and oxygen atoms in total. The molecule has 0 aliphatic heterocycles. The Bertz CT molecular complexity index is 1740. The van der Waals surface area contributed by atoms with Gasteiger partial charge in [0.2, 0.25) is 0 Å². The smallest absolute Gasteiger partial charge is 0.373 e. The predicted octanol–water partition coefficient (Wildman–Crippen LogP) is 5.85. The lowest BCUT2D eigenvalue weighted by Crippen LogP contribution is -1.90. The number of anilines is 1. The van der Waals surface area contributed by atoms with Gasteiger partial charge in [-0.15, -0.1) is 0 Å². The Balaban J connectivity index is 0.000000630. The topological polar surface area (TPSA) is 129 Å². The van der Waals surface area contributed by atoms with E-state index in [4.69, 9.17) is 14.6 Å². The van der Waals surface area contributed by atoms with Gasteiger partial charge in [0.25, 0.3) is 0 Å². The van der Waals surface area contributed by atoms with E-state index in [9.17, 15) is 4.39 Å². The molecule has 10 heteroatoms. The highest BCUT2D eigenvalue weighted by Crippen LogP contribution is 2.33. The van der Waals surface area contributed by atoms with Crippen LogP contribution in [0.3, 0.4) is 0 Å². The van der Waals surface area contributed by atoms with Crippen molar-refractivity contribution in [1.82, 2.24) is 30.1 Å². The number of imidazole rings is 1. The fourth-order valence-electron chi connectivity index (χ4n) is 4.02. The van der Waals surface area contributed by atoms with Gasteiger partial charge in [0.05, 0.1) is 28.4 Å². The van der Waals surface area contributed by atoms with Gasteiger partial charge in [0.1, 0.15) is 11.5 Å². The van der Waals surface area contributed by atoms with Crippen molar-refractivity contribution in [2.45, 2.75) is 13.8 Å². The summed E-state index contributed by atoms with van der Waals surface area (Å²) in [7, 11) is 1.87. The van der Waals surface area contributed by atoms with Gasteiger partial charge in [-0.1, -0.05) is 32.0 Å². The minimum Gasteiger partial charge on any atom is -0.387 e. The lowest BCUT2D eigenvalue weighted by atomic mass is 10.0. The summed E-state index contributed by atoms with van der Waals surface area (Å²) in [6, 6.07) is 14.6. The van der Waals surface area contributed by atoms with Crippen molar-refractivity contribution >= 4 is 33.8 Å². The summed E-state index contributed by atoms with van der Waals surface area (Å²) in [4.78, 5) is 33.0. The second kappa shape index (κ2) is 11.7. The Morgan fingerprint density at radius 3 is 2.42 bits per heavy atom. The first-order valence-corrected chi connectivity index (χ1v) is 11.8. The van der Waals surface area contributed by atoms with Gasteiger partial charge in [-0.2, -0.15) is 14.7 Å². The van der Waals surface area contributed by atoms with Gasteiger partial charge in [-0.05, 0) is 41.5 Å². The maximum Gasteiger partial charge on any atom is 0.373 e. The highest BCUT2D eigenvalue weighted by Gasteiger charge is 2.16. The maximum absolute atomic E-state index is 13.8. The van der Waals surface area contributed by atoms with Gasteiger partial charge in [-0.3, -0.25) is 15.1 Å². The number of halogens is 1. The molecule has 6 aromatic rings. The molecule has 0 radical (unpaired) electrons. The first-order chi connectivity index (χ1) is 18.6. The second-order valence-electron chi connectivity index (χ2n) is 7.81. The number of hydrogen-bond acceptors (Lipinski definition) is 7. The van der Waals surface area contributed by atoms with Crippen molar-refractivity contribution in [2.75, 3.05) is 12.4 Å². The number of carbonyl (C=O) groups excluding carboxylic acids is 2. The number of pyridine rings is 2. The number of nitrogens with one attached hydrogen (secondary N) is 3. The van der Waals surface area contributed by atoms with Gasteiger partial charge in [0, 0.05) is 42.2 Å². The Labute approximate surface area is 217 Å². The largest absolute Gasteiger partial charge is 0.387 e. The zero-order valence-electron chi connectivity index (χ0n) is 20.9. The summed E-state index contributed by atoms with van der Waals surface area (Å²) in [5.41, 5.74) is 7.50. The van der Waals surface area contributed by atoms with Crippen molar-refractivity contribution in [2.24, 2.45) is 0 Å². The van der Waals surface area contributed by atoms with Crippen LogP contribution in [0.1, 0.15) is 13.8 Å². The first kappa shape index (κ1) is 25.9.